The number of benzene rings is 1. The van der Waals surface area contributed by atoms with E-state index in [0.717, 1.165) is 20.2 Å². The van der Waals surface area contributed by atoms with Crippen LogP contribution in [0.3, 0.4) is 0 Å². The zero-order valence-corrected chi connectivity index (χ0v) is 10.9. The number of aromatic nitrogens is 1. The van der Waals surface area contributed by atoms with Gasteiger partial charge < -0.3 is 10.3 Å². The van der Waals surface area contributed by atoms with E-state index in [4.69, 9.17) is 10.3 Å². The molecule has 0 fully saturated rings. The third kappa shape index (κ3) is 2.48. The lowest BCUT2D eigenvalue weighted by Crippen LogP contribution is -1.92. The quantitative estimate of drug-likeness (QED) is 0.918. The molecule has 2 rings (SSSR count). The highest BCUT2D eigenvalue weighted by Gasteiger charge is 2.06. The van der Waals surface area contributed by atoms with Crippen LogP contribution in [0.15, 0.2) is 37.7 Å². The van der Waals surface area contributed by atoms with Gasteiger partial charge in [-0.05, 0) is 18.2 Å². The first-order chi connectivity index (χ1) is 7.19. The van der Waals surface area contributed by atoms with Crippen molar-refractivity contribution in [1.82, 2.24) is 5.16 Å². The van der Waals surface area contributed by atoms with Crippen LogP contribution in [0.2, 0.25) is 0 Å². The first-order valence-electron chi connectivity index (χ1n) is 4.31. The Morgan fingerprint density at radius 3 is 2.33 bits per heavy atom. The van der Waals surface area contributed by atoms with Crippen molar-refractivity contribution in [3.05, 3.63) is 39.0 Å². The molecule has 2 N–H and O–H groups in total. The summed E-state index contributed by atoms with van der Waals surface area (Å²) in [5.74, 6) is 0.682. The molecule has 1 aromatic carbocycles. The molecule has 0 saturated carbocycles. The molecule has 0 radical (unpaired) electrons. The van der Waals surface area contributed by atoms with Crippen LogP contribution in [0.4, 0.5) is 0 Å². The highest BCUT2D eigenvalue weighted by molar-refractivity contribution is 9.11. The second-order valence-corrected chi connectivity index (χ2v) is 4.87. The smallest absolute Gasteiger partial charge is 0.150 e. The number of hydrogen-bond donors (Lipinski definition) is 1. The molecule has 0 unspecified atom stereocenters. The van der Waals surface area contributed by atoms with Gasteiger partial charge >= 0.3 is 0 Å². The molecule has 0 aliphatic heterocycles. The lowest BCUT2D eigenvalue weighted by atomic mass is 10.1. The van der Waals surface area contributed by atoms with Gasteiger partial charge in [0.1, 0.15) is 5.69 Å². The second kappa shape index (κ2) is 4.47. The van der Waals surface area contributed by atoms with Gasteiger partial charge in [0.25, 0.3) is 0 Å². The van der Waals surface area contributed by atoms with Crippen LogP contribution >= 0.6 is 31.9 Å². The van der Waals surface area contributed by atoms with Crippen molar-refractivity contribution in [3.8, 4) is 11.3 Å². The lowest BCUT2D eigenvalue weighted by Gasteiger charge is -1.98. The largest absolute Gasteiger partial charge is 0.359 e. The van der Waals surface area contributed by atoms with Crippen LogP contribution in [0, 0.1) is 0 Å². The molecule has 0 spiro atoms. The van der Waals surface area contributed by atoms with Gasteiger partial charge in [-0.15, -0.1) is 0 Å². The molecule has 2 aromatic rings. The number of halogens is 2. The number of nitrogens with zero attached hydrogens (tertiary/aromatic N) is 1. The van der Waals surface area contributed by atoms with Gasteiger partial charge in [-0.25, -0.2) is 0 Å². The average molecular weight is 332 g/mol. The Balaban J connectivity index is 2.44. The van der Waals surface area contributed by atoms with Gasteiger partial charge in [0.05, 0.1) is 6.54 Å². The van der Waals surface area contributed by atoms with Gasteiger partial charge in [0, 0.05) is 20.6 Å². The molecule has 0 atom stereocenters. The predicted octanol–water partition coefficient (Wildman–Crippen LogP) is 3.33. The number of nitrogens with two attached hydrogens (primary N) is 1. The maximum absolute atomic E-state index is 5.45. The van der Waals surface area contributed by atoms with Crippen LogP contribution in [-0.2, 0) is 6.54 Å². The summed E-state index contributed by atoms with van der Waals surface area (Å²) in [5, 5.41) is 3.94. The second-order valence-electron chi connectivity index (χ2n) is 3.04. The Bertz CT molecular complexity index is 462. The molecule has 0 amide bonds. The van der Waals surface area contributed by atoms with Crippen molar-refractivity contribution in [2.75, 3.05) is 0 Å². The SMILES string of the molecule is NCc1cc(-c2cc(Br)cc(Br)c2)no1. The number of hydrogen-bond acceptors (Lipinski definition) is 3. The van der Waals surface area contributed by atoms with Gasteiger partial charge in [0.15, 0.2) is 5.76 Å². The van der Waals surface area contributed by atoms with Crippen LogP contribution in [0.5, 0.6) is 0 Å². The fourth-order valence-corrected chi connectivity index (χ4v) is 2.54. The summed E-state index contributed by atoms with van der Waals surface area (Å²) in [7, 11) is 0. The summed E-state index contributed by atoms with van der Waals surface area (Å²) in [4.78, 5) is 0. The third-order valence-electron chi connectivity index (χ3n) is 1.92. The van der Waals surface area contributed by atoms with Gasteiger partial charge in [-0.2, -0.15) is 0 Å². The highest BCUT2D eigenvalue weighted by atomic mass is 79.9. The summed E-state index contributed by atoms with van der Waals surface area (Å²) in [5.41, 5.74) is 7.22. The Morgan fingerprint density at radius 2 is 1.80 bits per heavy atom. The molecule has 0 saturated heterocycles. The van der Waals surface area contributed by atoms with Crippen molar-refractivity contribution < 1.29 is 4.52 Å². The van der Waals surface area contributed by atoms with Crippen molar-refractivity contribution in [3.63, 3.8) is 0 Å². The number of rotatable bonds is 2. The van der Waals surface area contributed by atoms with E-state index in [0.29, 0.717) is 12.3 Å². The summed E-state index contributed by atoms with van der Waals surface area (Å²) in [6.45, 7) is 0.363. The zero-order valence-electron chi connectivity index (χ0n) is 7.71. The van der Waals surface area contributed by atoms with Gasteiger partial charge in [-0.1, -0.05) is 37.0 Å². The molecule has 78 valence electrons. The molecular formula is C10H8Br2N2O. The monoisotopic (exact) mass is 330 g/mol. The van der Waals surface area contributed by atoms with Crippen molar-refractivity contribution >= 4 is 31.9 Å². The first kappa shape index (κ1) is 10.9. The molecule has 15 heavy (non-hydrogen) atoms. The fourth-order valence-electron chi connectivity index (χ4n) is 1.25. The molecule has 1 aromatic heterocycles. The Hall–Kier alpha value is -0.650. The normalized spacial score (nSPS) is 10.6. The fraction of sp³-hybridized carbons (Fsp3) is 0.100. The van der Waals surface area contributed by atoms with Crippen LogP contribution in [0.25, 0.3) is 11.3 Å². The van der Waals surface area contributed by atoms with Crippen molar-refractivity contribution in [1.29, 1.82) is 0 Å². The maximum Gasteiger partial charge on any atom is 0.150 e. The Labute approximate surface area is 104 Å². The van der Waals surface area contributed by atoms with Gasteiger partial charge in [-0.3, -0.25) is 0 Å². The van der Waals surface area contributed by atoms with Crippen LogP contribution in [-0.4, -0.2) is 5.16 Å². The highest BCUT2D eigenvalue weighted by Crippen LogP contribution is 2.27. The molecule has 5 heteroatoms. The first-order valence-corrected chi connectivity index (χ1v) is 5.90. The minimum absolute atomic E-state index is 0.363. The van der Waals surface area contributed by atoms with E-state index in [2.05, 4.69) is 37.0 Å². The van der Waals surface area contributed by atoms with E-state index in [-0.39, 0.29) is 0 Å². The minimum Gasteiger partial charge on any atom is -0.359 e. The summed E-state index contributed by atoms with van der Waals surface area (Å²) in [6.07, 6.45) is 0. The third-order valence-corrected chi connectivity index (χ3v) is 2.83. The average Bonchev–Trinajstić information content (AvgIpc) is 2.64. The maximum atomic E-state index is 5.45. The summed E-state index contributed by atoms with van der Waals surface area (Å²) in [6, 6.07) is 7.76. The van der Waals surface area contributed by atoms with E-state index in [1.165, 1.54) is 0 Å². The standard InChI is InChI=1S/C10H8Br2N2O/c11-7-1-6(2-8(12)3-7)10-4-9(5-13)15-14-10/h1-4H,5,13H2. The Morgan fingerprint density at radius 1 is 1.13 bits per heavy atom. The van der Waals surface area contributed by atoms with E-state index < -0.39 is 0 Å². The van der Waals surface area contributed by atoms with Gasteiger partial charge in [0.2, 0.25) is 0 Å². The topological polar surface area (TPSA) is 52.0 Å². The zero-order chi connectivity index (χ0) is 10.8. The van der Waals surface area contributed by atoms with E-state index in [9.17, 15) is 0 Å². The van der Waals surface area contributed by atoms with Crippen LogP contribution in [0.1, 0.15) is 5.76 Å². The lowest BCUT2D eigenvalue weighted by molar-refractivity contribution is 0.387. The molecule has 0 bridgehead atoms. The molecular weight excluding hydrogens is 324 g/mol. The molecule has 1 heterocycles. The van der Waals surface area contributed by atoms with E-state index in [1.54, 1.807) is 0 Å². The molecule has 0 aliphatic carbocycles. The summed E-state index contributed by atoms with van der Waals surface area (Å²) < 4.78 is 7.02. The minimum atomic E-state index is 0.363. The van der Waals surface area contributed by atoms with Crippen molar-refractivity contribution in [2.24, 2.45) is 5.73 Å². The molecule has 3 nitrogen and oxygen atoms in total. The van der Waals surface area contributed by atoms with E-state index in [1.807, 2.05) is 24.3 Å². The Kier molecular flexibility index (Phi) is 3.23. The summed E-state index contributed by atoms with van der Waals surface area (Å²) >= 11 is 6.84. The molecule has 0 aliphatic rings. The van der Waals surface area contributed by atoms with E-state index >= 15 is 0 Å². The predicted molar refractivity (Wildman–Crippen MR) is 65.2 cm³/mol. The van der Waals surface area contributed by atoms with Crippen molar-refractivity contribution in [2.45, 2.75) is 6.54 Å². The van der Waals surface area contributed by atoms with Crippen LogP contribution < -0.4 is 5.73 Å².